The van der Waals surface area contributed by atoms with E-state index in [1.165, 1.54) is 33.6 Å². The molecule has 0 radical (unpaired) electrons. The minimum atomic E-state index is 0.00707. The maximum absolute atomic E-state index is 5.10. The maximum atomic E-state index is 5.10. The Morgan fingerprint density at radius 2 is 1.33 bits per heavy atom. The summed E-state index contributed by atoms with van der Waals surface area (Å²) in [4.78, 5) is 0. The lowest BCUT2D eigenvalue weighted by Crippen LogP contribution is -2.20. The molecule has 2 heteroatoms. The molecule has 0 saturated carbocycles. The van der Waals surface area contributed by atoms with Crippen molar-refractivity contribution >= 4 is 0 Å². The summed E-state index contributed by atoms with van der Waals surface area (Å²) < 4.78 is 2.24. The van der Waals surface area contributed by atoms with E-state index in [1.54, 1.807) is 0 Å². The van der Waals surface area contributed by atoms with Gasteiger partial charge in [-0.15, -0.1) is 0 Å². The van der Waals surface area contributed by atoms with Gasteiger partial charge < -0.3 is 0 Å². The van der Waals surface area contributed by atoms with Crippen molar-refractivity contribution in [3.05, 3.63) is 40.7 Å². The molecular weight excluding hydrogens is 292 g/mol. The average molecular weight is 327 g/mol. The third-order valence-electron chi connectivity index (χ3n) is 4.33. The monoisotopic (exact) mass is 326 g/mol. The van der Waals surface area contributed by atoms with Crippen LogP contribution in [0.3, 0.4) is 0 Å². The van der Waals surface area contributed by atoms with E-state index in [-0.39, 0.29) is 10.8 Å². The van der Waals surface area contributed by atoms with Gasteiger partial charge in [-0.3, -0.25) is 4.68 Å². The Hall–Kier alpha value is -1.57. The summed E-state index contributed by atoms with van der Waals surface area (Å²) in [6.45, 7) is 22.5. The number of aromatic nitrogens is 2. The fraction of sp³-hybridized carbons (Fsp3) is 0.591. The van der Waals surface area contributed by atoms with Crippen LogP contribution >= 0.6 is 0 Å². The van der Waals surface area contributed by atoms with Crippen molar-refractivity contribution < 1.29 is 0 Å². The van der Waals surface area contributed by atoms with Crippen LogP contribution in [0.1, 0.15) is 83.9 Å². The minimum Gasteiger partial charge on any atom is -0.266 e. The zero-order chi connectivity index (χ0) is 18.4. The van der Waals surface area contributed by atoms with Crippen LogP contribution in [0.15, 0.2) is 18.2 Å². The maximum Gasteiger partial charge on any atom is 0.0759 e. The molecule has 0 spiro atoms. The first kappa shape index (κ1) is 18.8. The first-order valence-electron chi connectivity index (χ1n) is 9.04. The van der Waals surface area contributed by atoms with Crippen LogP contribution in [0.4, 0.5) is 0 Å². The van der Waals surface area contributed by atoms with Crippen LogP contribution in [-0.2, 0) is 10.8 Å². The first-order valence-corrected chi connectivity index (χ1v) is 9.04. The number of nitrogens with zero attached hydrogens (tertiary/aromatic N) is 2. The van der Waals surface area contributed by atoms with E-state index >= 15 is 0 Å². The molecule has 2 rings (SSSR count). The molecule has 24 heavy (non-hydrogen) atoms. The summed E-state index contributed by atoms with van der Waals surface area (Å²) in [6, 6.07) is 7.20. The second-order valence-corrected chi connectivity index (χ2v) is 9.49. The Morgan fingerprint density at radius 1 is 0.833 bits per heavy atom. The standard InChI is InChI=1S/C22H34N2/c1-14(2)24-20(22(8,9)10)18(19(23-24)21(5,6)7)17-12-15(3)11-16(4)13-17/h11-14H,1-10H3. The molecule has 0 saturated heterocycles. The Bertz CT molecular complexity index is 714. The summed E-state index contributed by atoms with van der Waals surface area (Å²) in [6.07, 6.45) is 0. The summed E-state index contributed by atoms with van der Waals surface area (Å²) in [5.74, 6) is 0. The fourth-order valence-electron chi connectivity index (χ4n) is 3.44. The average Bonchev–Trinajstić information content (AvgIpc) is 2.77. The predicted octanol–water partition coefficient (Wildman–Crippen LogP) is 6.34. The van der Waals surface area contributed by atoms with Gasteiger partial charge in [0.25, 0.3) is 0 Å². The highest BCUT2D eigenvalue weighted by Crippen LogP contribution is 2.41. The number of hydrogen-bond acceptors (Lipinski definition) is 1. The second kappa shape index (κ2) is 6.06. The van der Waals surface area contributed by atoms with Gasteiger partial charge in [-0.25, -0.2) is 0 Å². The summed E-state index contributed by atoms with van der Waals surface area (Å²) >= 11 is 0. The molecule has 0 aliphatic rings. The van der Waals surface area contributed by atoms with E-state index in [1.807, 2.05) is 0 Å². The smallest absolute Gasteiger partial charge is 0.0759 e. The number of hydrogen-bond donors (Lipinski definition) is 0. The highest BCUT2D eigenvalue weighted by Gasteiger charge is 2.33. The molecule has 1 heterocycles. The number of aryl methyl sites for hydroxylation is 2. The molecule has 2 aromatic rings. The Morgan fingerprint density at radius 3 is 1.71 bits per heavy atom. The van der Waals surface area contributed by atoms with Gasteiger partial charge in [0.05, 0.1) is 11.4 Å². The SMILES string of the molecule is Cc1cc(C)cc(-c2c(C(C)(C)C)nn(C(C)C)c2C(C)(C)C)c1. The summed E-state index contributed by atoms with van der Waals surface area (Å²) in [5.41, 5.74) is 7.83. The number of benzene rings is 1. The topological polar surface area (TPSA) is 17.8 Å². The molecule has 0 aliphatic heterocycles. The zero-order valence-corrected chi connectivity index (χ0v) is 17.2. The van der Waals surface area contributed by atoms with Crippen LogP contribution < -0.4 is 0 Å². The van der Waals surface area contributed by atoms with Crippen molar-refractivity contribution in [3.8, 4) is 11.1 Å². The first-order chi connectivity index (χ1) is 10.8. The van der Waals surface area contributed by atoms with Crippen molar-refractivity contribution in [1.82, 2.24) is 9.78 Å². The Kier molecular flexibility index (Phi) is 4.74. The molecule has 0 amide bonds. The molecule has 0 unspecified atom stereocenters. The molecule has 0 N–H and O–H groups in total. The van der Waals surface area contributed by atoms with Gasteiger partial charge in [-0.1, -0.05) is 70.9 Å². The molecule has 0 aliphatic carbocycles. The fourth-order valence-corrected chi connectivity index (χ4v) is 3.44. The van der Waals surface area contributed by atoms with Gasteiger partial charge in [0.2, 0.25) is 0 Å². The molecule has 0 fully saturated rings. The predicted molar refractivity (Wildman–Crippen MR) is 105 cm³/mol. The molecule has 0 atom stereocenters. The van der Waals surface area contributed by atoms with Gasteiger partial charge in [0, 0.05) is 22.4 Å². The zero-order valence-electron chi connectivity index (χ0n) is 17.2. The van der Waals surface area contributed by atoms with Crippen LogP contribution in [0.5, 0.6) is 0 Å². The third kappa shape index (κ3) is 3.58. The summed E-state index contributed by atoms with van der Waals surface area (Å²) in [5, 5.41) is 5.10. The quantitative estimate of drug-likeness (QED) is 0.629. The van der Waals surface area contributed by atoms with Gasteiger partial charge in [0.15, 0.2) is 0 Å². The van der Waals surface area contributed by atoms with Crippen LogP contribution in [0.25, 0.3) is 11.1 Å². The molecule has 132 valence electrons. The highest BCUT2D eigenvalue weighted by atomic mass is 15.3. The summed E-state index contributed by atoms with van der Waals surface area (Å²) in [7, 11) is 0. The lowest BCUT2D eigenvalue weighted by atomic mass is 9.80. The molecule has 1 aromatic carbocycles. The molecular formula is C22H34N2. The van der Waals surface area contributed by atoms with Crippen LogP contribution in [0, 0.1) is 13.8 Å². The van der Waals surface area contributed by atoms with Crippen molar-refractivity contribution in [2.24, 2.45) is 0 Å². The molecule has 0 bridgehead atoms. The van der Waals surface area contributed by atoms with Crippen LogP contribution in [-0.4, -0.2) is 9.78 Å². The lowest BCUT2D eigenvalue weighted by molar-refractivity contribution is 0.438. The van der Waals surface area contributed by atoms with Crippen molar-refractivity contribution in [3.63, 3.8) is 0 Å². The Labute approximate surface area is 148 Å². The van der Waals surface area contributed by atoms with E-state index in [4.69, 9.17) is 5.10 Å². The van der Waals surface area contributed by atoms with E-state index in [0.29, 0.717) is 6.04 Å². The highest BCUT2D eigenvalue weighted by molar-refractivity contribution is 5.72. The Balaban J connectivity index is 2.94. The van der Waals surface area contributed by atoms with Gasteiger partial charge in [0.1, 0.15) is 0 Å². The van der Waals surface area contributed by atoms with Crippen molar-refractivity contribution in [2.45, 2.75) is 86.1 Å². The normalized spacial score (nSPS) is 13.0. The van der Waals surface area contributed by atoms with Gasteiger partial charge in [-0.05, 0) is 33.3 Å². The van der Waals surface area contributed by atoms with E-state index in [0.717, 1.165) is 0 Å². The molecule has 1 aromatic heterocycles. The third-order valence-corrected chi connectivity index (χ3v) is 4.33. The largest absolute Gasteiger partial charge is 0.266 e. The minimum absolute atomic E-state index is 0.00707. The van der Waals surface area contributed by atoms with Gasteiger partial charge in [-0.2, -0.15) is 5.10 Å². The van der Waals surface area contributed by atoms with Crippen LogP contribution in [0.2, 0.25) is 0 Å². The van der Waals surface area contributed by atoms with Gasteiger partial charge >= 0.3 is 0 Å². The van der Waals surface area contributed by atoms with E-state index < -0.39 is 0 Å². The second-order valence-electron chi connectivity index (χ2n) is 9.49. The molecule has 2 nitrogen and oxygen atoms in total. The van der Waals surface area contributed by atoms with E-state index in [9.17, 15) is 0 Å². The lowest BCUT2D eigenvalue weighted by Gasteiger charge is -2.25. The number of rotatable bonds is 2. The van der Waals surface area contributed by atoms with Crippen molar-refractivity contribution in [2.75, 3.05) is 0 Å². The van der Waals surface area contributed by atoms with E-state index in [2.05, 4.69) is 92.1 Å². The van der Waals surface area contributed by atoms with Crippen molar-refractivity contribution in [1.29, 1.82) is 0 Å².